The molecule has 88 valence electrons. The summed E-state index contributed by atoms with van der Waals surface area (Å²) >= 11 is -2.33. The number of rotatable bonds is 3. The Labute approximate surface area is 96.5 Å². The van der Waals surface area contributed by atoms with Gasteiger partial charge in [-0.2, -0.15) is 0 Å². The maximum absolute atomic E-state index is 11.0. The van der Waals surface area contributed by atoms with Crippen LogP contribution in [0.5, 0.6) is 0 Å². The molecule has 16 heavy (non-hydrogen) atoms. The zero-order chi connectivity index (χ0) is 11.5. The largest absolute Gasteiger partial charge is 0.768 e. The van der Waals surface area contributed by atoms with Gasteiger partial charge >= 0.3 is 0 Å². The Kier molecular flexibility index (Phi) is 3.70. The van der Waals surface area contributed by atoms with Crippen LogP contribution in [-0.2, 0) is 15.8 Å². The van der Waals surface area contributed by atoms with Crippen molar-refractivity contribution in [2.24, 2.45) is 0 Å². The zero-order valence-corrected chi connectivity index (χ0v) is 9.48. The maximum Gasteiger partial charge on any atom is 0.106 e. The van der Waals surface area contributed by atoms with Crippen LogP contribution in [-0.4, -0.2) is 26.6 Å². The van der Waals surface area contributed by atoms with Crippen LogP contribution in [0.1, 0.15) is 24.5 Å². The molecule has 1 heterocycles. The lowest BCUT2D eigenvalue weighted by molar-refractivity contribution is -0.00394. The maximum atomic E-state index is 11.0. The van der Waals surface area contributed by atoms with E-state index in [0.717, 1.165) is 12.8 Å². The van der Waals surface area contributed by atoms with E-state index in [1.54, 1.807) is 18.2 Å². The Morgan fingerprint density at radius 1 is 1.50 bits per heavy atom. The van der Waals surface area contributed by atoms with Gasteiger partial charge in [0.1, 0.15) is 6.10 Å². The first-order valence-electron chi connectivity index (χ1n) is 5.18. The highest BCUT2D eigenvalue weighted by molar-refractivity contribution is 7.79. The van der Waals surface area contributed by atoms with Crippen molar-refractivity contribution in [3.8, 4) is 0 Å². The molecule has 1 aromatic rings. The summed E-state index contributed by atoms with van der Waals surface area (Å²) in [5.74, 6) is 0. The molecule has 3 unspecified atom stereocenters. The first kappa shape index (κ1) is 11.7. The Bertz CT molecular complexity index is 387. The van der Waals surface area contributed by atoms with Crippen LogP contribution in [0, 0.1) is 0 Å². The fourth-order valence-electron chi connectivity index (χ4n) is 1.93. The summed E-state index contributed by atoms with van der Waals surface area (Å²) in [7, 11) is 0. The van der Waals surface area contributed by atoms with Crippen molar-refractivity contribution in [3.63, 3.8) is 0 Å². The topological polar surface area (TPSA) is 69.6 Å². The number of ether oxygens (including phenoxy) is 1. The molecule has 0 radical (unpaired) electrons. The molecule has 1 aromatic carbocycles. The van der Waals surface area contributed by atoms with Crippen LogP contribution in [0.3, 0.4) is 0 Å². The van der Waals surface area contributed by atoms with Gasteiger partial charge in [-0.1, -0.05) is 18.2 Å². The van der Waals surface area contributed by atoms with Gasteiger partial charge in [-0.25, -0.2) is 0 Å². The number of hydrogen-bond acceptors (Lipinski definition) is 4. The summed E-state index contributed by atoms with van der Waals surface area (Å²) < 4.78 is 27.3. The summed E-state index contributed by atoms with van der Waals surface area (Å²) in [6.45, 7) is 0.629. The lowest BCUT2D eigenvalue weighted by Gasteiger charge is -2.21. The SMILES string of the molecule is O=S([O-])c1ccccc1C(O)C1CCCO1. The molecule has 1 saturated heterocycles. The molecule has 0 aromatic heterocycles. The van der Waals surface area contributed by atoms with Crippen molar-refractivity contribution in [2.45, 2.75) is 29.9 Å². The minimum absolute atomic E-state index is 0.144. The van der Waals surface area contributed by atoms with Crippen molar-refractivity contribution >= 4 is 11.1 Å². The van der Waals surface area contributed by atoms with Gasteiger partial charge in [-0.05, 0) is 35.6 Å². The normalized spacial score (nSPS) is 24.2. The second-order valence-corrected chi connectivity index (χ2v) is 4.68. The molecule has 0 amide bonds. The van der Waals surface area contributed by atoms with Gasteiger partial charge in [0.25, 0.3) is 0 Å². The van der Waals surface area contributed by atoms with Gasteiger partial charge in [0.05, 0.1) is 6.10 Å². The smallest absolute Gasteiger partial charge is 0.106 e. The summed E-state index contributed by atoms with van der Waals surface area (Å²) in [6, 6.07) is 6.45. The molecule has 0 spiro atoms. The molecule has 1 aliphatic rings. The van der Waals surface area contributed by atoms with Crippen molar-refractivity contribution in [1.82, 2.24) is 0 Å². The van der Waals surface area contributed by atoms with E-state index in [-0.39, 0.29) is 11.0 Å². The van der Waals surface area contributed by atoms with E-state index in [1.165, 1.54) is 6.07 Å². The molecule has 3 atom stereocenters. The van der Waals surface area contributed by atoms with E-state index in [4.69, 9.17) is 4.74 Å². The predicted octanol–water partition coefficient (Wildman–Crippen LogP) is 1.14. The molecule has 4 nitrogen and oxygen atoms in total. The summed E-state index contributed by atoms with van der Waals surface area (Å²) in [5, 5.41) is 10.1. The average Bonchev–Trinajstić information content (AvgIpc) is 2.81. The van der Waals surface area contributed by atoms with Crippen molar-refractivity contribution in [2.75, 3.05) is 6.61 Å². The summed E-state index contributed by atoms with van der Waals surface area (Å²) in [6.07, 6.45) is 0.520. The number of hydrogen-bond donors (Lipinski definition) is 1. The monoisotopic (exact) mass is 241 g/mol. The Morgan fingerprint density at radius 2 is 2.25 bits per heavy atom. The first-order chi connectivity index (χ1) is 7.70. The van der Waals surface area contributed by atoms with Gasteiger partial charge in [0, 0.05) is 11.5 Å². The molecular weight excluding hydrogens is 228 g/mol. The van der Waals surface area contributed by atoms with E-state index < -0.39 is 17.2 Å². The number of benzene rings is 1. The van der Waals surface area contributed by atoms with E-state index in [0.29, 0.717) is 12.2 Å². The second-order valence-electron chi connectivity index (χ2n) is 3.77. The third-order valence-corrected chi connectivity index (χ3v) is 3.47. The van der Waals surface area contributed by atoms with Crippen LogP contribution in [0.25, 0.3) is 0 Å². The highest BCUT2D eigenvalue weighted by Crippen LogP contribution is 2.29. The van der Waals surface area contributed by atoms with Gasteiger partial charge < -0.3 is 14.4 Å². The van der Waals surface area contributed by atoms with Crippen LogP contribution >= 0.6 is 0 Å². The third-order valence-electron chi connectivity index (χ3n) is 2.73. The highest BCUT2D eigenvalue weighted by Gasteiger charge is 2.26. The lowest BCUT2D eigenvalue weighted by Crippen LogP contribution is -2.18. The van der Waals surface area contributed by atoms with E-state index in [1.807, 2.05) is 0 Å². The van der Waals surface area contributed by atoms with Crippen molar-refractivity contribution in [3.05, 3.63) is 29.8 Å². The van der Waals surface area contributed by atoms with Crippen molar-refractivity contribution in [1.29, 1.82) is 0 Å². The Morgan fingerprint density at radius 3 is 2.88 bits per heavy atom. The number of aliphatic hydroxyl groups is 1. The standard InChI is InChI=1S/C11H14O4S/c12-11(9-5-3-7-15-9)8-4-1-2-6-10(8)16(13)14/h1-2,4,6,9,11-12H,3,5,7H2,(H,13,14)/p-1. The average molecular weight is 241 g/mol. The molecule has 2 rings (SSSR count). The molecule has 1 N–H and O–H groups in total. The quantitative estimate of drug-likeness (QED) is 0.805. The van der Waals surface area contributed by atoms with Crippen LogP contribution in [0.4, 0.5) is 0 Å². The Hall–Kier alpha value is -0.750. The first-order valence-corrected chi connectivity index (χ1v) is 6.25. The minimum Gasteiger partial charge on any atom is -0.768 e. The van der Waals surface area contributed by atoms with E-state index >= 15 is 0 Å². The van der Waals surface area contributed by atoms with E-state index in [9.17, 15) is 13.9 Å². The zero-order valence-electron chi connectivity index (χ0n) is 8.67. The third kappa shape index (κ3) is 2.32. The molecule has 0 saturated carbocycles. The van der Waals surface area contributed by atoms with Gasteiger partial charge in [0.2, 0.25) is 0 Å². The van der Waals surface area contributed by atoms with Crippen LogP contribution in [0.2, 0.25) is 0 Å². The number of aliphatic hydroxyl groups excluding tert-OH is 1. The molecule has 0 aliphatic carbocycles. The summed E-state index contributed by atoms with van der Waals surface area (Å²) in [4.78, 5) is 0.144. The van der Waals surface area contributed by atoms with E-state index in [2.05, 4.69) is 0 Å². The summed E-state index contributed by atoms with van der Waals surface area (Å²) in [5.41, 5.74) is 0.419. The molecule has 0 bridgehead atoms. The molecule has 5 heteroatoms. The van der Waals surface area contributed by atoms with Gasteiger partial charge in [-0.3, -0.25) is 4.21 Å². The molecular formula is C11H13O4S-. The predicted molar refractivity (Wildman–Crippen MR) is 57.6 cm³/mol. The van der Waals surface area contributed by atoms with Crippen LogP contribution in [0.15, 0.2) is 29.2 Å². The minimum atomic E-state index is -2.33. The Balaban J connectivity index is 2.27. The van der Waals surface area contributed by atoms with Crippen LogP contribution < -0.4 is 0 Å². The van der Waals surface area contributed by atoms with Crippen molar-refractivity contribution < 1.29 is 18.6 Å². The van der Waals surface area contributed by atoms with Gasteiger partial charge in [-0.15, -0.1) is 0 Å². The van der Waals surface area contributed by atoms with Gasteiger partial charge in [0.15, 0.2) is 0 Å². The molecule has 1 fully saturated rings. The fraction of sp³-hybridized carbons (Fsp3) is 0.455. The lowest BCUT2D eigenvalue weighted by atomic mass is 10.0. The highest BCUT2D eigenvalue weighted by atomic mass is 32.2. The second kappa shape index (κ2) is 5.05. The fourth-order valence-corrected chi connectivity index (χ4v) is 2.50. The molecule has 1 aliphatic heterocycles.